The van der Waals surface area contributed by atoms with Crippen molar-refractivity contribution in [3.63, 3.8) is 0 Å². The summed E-state index contributed by atoms with van der Waals surface area (Å²) in [5.74, 6) is 2.88. The summed E-state index contributed by atoms with van der Waals surface area (Å²) in [7, 11) is 3.27. The first-order valence-corrected chi connectivity index (χ1v) is 13.2. The van der Waals surface area contributed by atoms with E-state index < -0.39 is 0 Å². The Balaban J connectivity index is 1.47. The molecule has 37 heavy (non-hydrogen) atoms. The zero-order valence-corrected chi connectivity index (χ0v) is 21.5. The van der Waals surface area contributed by atoms with E-state index in [4.69, 9.17) is 14.2 Å². The van der Waals surface area contributed by atoms with Crippen molar-refractivity contribution in [3.05, 3.63) is 112 Å². The number of fused-ring (bicyclic) bond motifs is 1. The molecule has 0 saturated heterocycles. The minimum atomic E-state index is -0.248. The molecule has 2 heterocycles. The highest BCUT2D eigenvalue weighted by molar-refractivity contribution is 7.10. The average molecular weight is 510 g/mol. The number of hydrogen-bond acceptors (Lipinski definition) is 6. The van der Waals surface area contributed by atoms with Crippen LogP contribution in [0.3, 0.4) is 0 Å². The summed E-state index contributed by atoms with van der Waals surface area (Å²) in [6.07, 6.45) is 1.28. The summed E-state index contributed by atoms with van der Waals surface area (Å²) in [5, 5.41) is 5.67. The summed E-state index contributed by atoms with van der Waals surface area (Å²) in [4.78, 5) is 15.0. The number of Topliss-reactive ketones (excluding diaryl/α,β-unsaturated/α-hetero) is 1. The SMILES string of the molecule is COc1cc2c(cc1OC)[C@@H](c1cccc(Oc3ccccc3)c1)C1=C(C[C@@H](c3cccs3)CC1=O)N2. The summed E-state index contributed by atoms with van der Waals surface area (Å²) in [5.41, 5.74) is 4.71. The fourth-order valence-electron chi connectivity index (χ4n) is 5.40. The number of carbonyl (C=O) groups excluding carboxylic acids is 1. The van der Waals surface area contributed by atoms with E-state index in [0.29, 0.717) is 17.9 Å². The molecule has 2 atom stereocenters. The van der Waals surface area contributed by atoms with Crippen LogP contribution >= 0.6 is 11.3 Å². The van der Waals surface area contributed by atoms with Crippen LogP contribution in [0.15, 0.2) is 95.5 Å². The van der Waals surface area contributed by atoms with Gasteiger partial charge in [-0.2, -0.15) is 0 Å². The Labute approximate surface area is 220 Å². The van der Waals surface area contributed by atoms with Crippen LogP contribution in [-0.4, -0.2) is 20.0 Å². The lowest BCUT2D eigenvalue weighted by atomic mass is 9.73. The summed E-state index contributed by atoms with van der Waals surface area (Å²) < 4.78 is 17.4. The van der Waals surface area contributed by atoms with Crippen molar-refractivity contribution in [1.82, 2.24) is 0 Å². The van der Waals surface area contributed by atoms with Gasteiger partial charge in [0.1, 0.15) is 11.5 Å². The van der Waals surface area contributed by atoms with Crippen molar-refractivity contribution < 1.29 is 19.0 Å². The number of ether oxygens (including phenoxy) is 3. The van der Waals surface area contributed by atoms with E-state index in [2.05, 4.69) is 28.9 Å². The second kappa shape index (κ2) is 9.79. The molecule has 0 saturated carbocycles. The number of thiophene rings is 1. The molecule has 1 aliphatic heterocycles. The van der Waals surface area contributed by atoms with Gasteiger partial charge in [-0.1, -0.05) is 36.4 Å². The minimum absolute atomic E-state index is 0.173. The molecule has 0 unspecified atom stereocenters. The maximum atomic E-state index is 13.8. The molecule has 6 heteroatoms. The van der Waals surface area contributed by atoms with Crippen LogP contribution in [0.2, 0.25) is 0 Å². The van der Waals surface area contributed by atoms with Gasteiger partial charge in [0.15, 0.2) is 17.3 Å². The lowest BCUT2D eigenvalue weighted by molar-refractivity contribution is -0.116. The molecule has 5 nitrogen and oxygen atoms in total. The van der Waals surface area contributed by atoms with E-state index in [1.165, 1.54) is 4.88 Å². The van der Waals surface area contributed by atoms with Crippen molar-refractivity contribution in [2.24, 2.45) is 0 Å². The largest absolute Gasteiger partial charge is 0.493 e. The standard InChI is InChI=1S/C31H27NO4S/c1-34-27-17-23-24(18-28(27)35-2)32-25-15-20(29-12-7-13-37-29)16-26(33)31(25)30(23)19-8-6-11-22(14-19)36-21-9-4-3-5-10-21/h3-14,17-18,20,30,32H,15-16H2,1-2H3/t20-,30-/m1/s1. The molecule has 0 fully saturated rings. The fraction of sp³-hybridized carbons (Fsp3) is 0.194. The topological polar surface area (TPSA) is 56.8 Å². The van der Waals surface area contributed by atoms with Crippen LogP contribution in [-0.2, 0) is 4.79 Å². The lowest BCUT2D eigenvalue weighted by Gasteiger charge is -2.36. The van der Waals surface area contributed by atoms with Gasteiger partial charge in [-0.3, -0.25) is 4.79 Å². The summed E-state index contributed by atoms with van der Waals surface area (Å²) >= 11 is 1.71. The Hall–Kier alpha value is -4.03. The monoisotopic (exact) mass is 509 g/mol. The summed E-state index contributed by atoms with van der Waals surface area (Å²) in [6.45, 7) is 0. The molecule has 6 rings (SSSR count). The Kier molecular flexibility index (Phi) is 6.18. The number of hydrogen-bond donors (Lipinski definition) is 1. The highest BCUT2D eigenvalue weighted by Crippen LogP contribution is 2.51. The van der Waals surface area contributed by atoms with Crippen LogP contribution in [0.1, 0.15) is 40.7 Å². The Morgan fingerprint density at radius 3 is 2.38 bits per heavy atom. The van der Waals surface area contributed by atoms with E-state index in [-0.39, 0.29) is 17.6 Å². The number of ketones is 1. The van der Waals surface area contributed by atoms with Crippen LogP contribution in [0.25, 0.3) is 0 Å². The molecule has 1 N–H and O–H groups in total. The molecule has 0 radical (unpaired) electrons. The normalized spacial score (nSPS) is 18.5. The van der Waals surface area contributed by atoms with Crippen LogP contribution in [0.4, 0.5) is 5.69 Å². The number of allylic oxidation sites excluding steroid dienone is 2. The second-order valence-electron chi connectivity index (χ2n) is 9.28. The van der Waals surface area contributed by atoms with Gasteiger partial charge in [-0.25, -0.2) is 0 Å². The molecule has 186 valence electrons. The molecule has 0 spiro atoms. The molecular weight excluding hydrogens is 482 g/mol. The zero-order chi connectivity index (χ0) is 25.4. The Bertz CT molecular complexity index is 1480. The van der Waals surface area contributed by atoms with Gasteiger partial charge in [0.05, 0.1) is 14.2 Å². The van der Waals surface area contributed by atoms with Gasteiger partial charge in [-0.15, -0.1) is 11.3 Å². The van der Waals surface area contributed by atoms with E-state index in [9.17, 15) is 4.79 Å². The average Bonchev–Trinajstić information content (AvgIpc) is 3.47. The molecule has 2 aliphatic rings. The Morgan fingerprint density at radius 1 is 0.838 bits per heavy atom. The van der Waals surface area contributed by atoms with E-state index in [0.717, 1.165) is 46.0 Å². The van der Waals surface area contributed by atoms with Crippen LogP contribution in [0, 0.1) is 0 Å². The maximum absolute atomic E-state index is 13.8. The molecular formula is C31H27NO4S. The highest BCUT2D eigenvalue weighted by atomic mass is 32.1. The number of rotatable bonds is 6. The van der Waals surface area contributed by atoms with Gasteiger partial charge in [0, 0.05) is 46.2 Å². The second-order valence-corrected chi connectivity index (χ2v) is 10.3. The van der Waals surface area contributed by atoms with Crippen molar-refractivity contribution in [1.29, 1.82) is 0 Å². The van der Waals surface area contributed by atoms with Crippen LogP contribution in [0.5, 0.6) is 23.0 Å². The van der Waals surface area contributed by atoms with E-state index >= 15 is 0 Å². The number of nitrogens with one attached hydrogen (secondary N) is 1. The quantitative estimate of drug-likeness (QED) is 0.291. The fourth-order valence-corrected chi connectivity index (χ4v) is 6.23. The molecule has 4 aromatic rings. The smallest absolute Gasteiger partial charge is 0.162 e. The molecule has 0 amide bonds. The zero-order valence-electron chi connectivity index (χ0n) is 20.7. The molecule has 0 bridgehead atoms. The van der Waals surface area contributed by atoms with E-state index in [1.54, 1.807) is 25.6 Å². The highest BCUT2D eigenvalue weighted by Gasteiger charge is 2.39. The number of benzene rings is 3. The third kappa shape index (κ3) is 4.38. The first-order valence-electron chi connectivity index (χ1n) is 12.3. The van der Waals surface area contributed by atoms with Crippen molar-refractivity contribution in [2.75, 3.05) is 19.5 Å². The third-order valence-electron chi connectivity index (χ3n) is 7.06. The van der Waals surface area contributed by atoms with Gasteiger partial charge >= 0.3 is 0 Å². The van der Waals surface area contributed by atoms with Crippen molar-refractivity contribution in [2.45, 2.75) is 24.7 Å². The lowest BCUT2D eigenvalue weighted by Crippen LogP contribution is -2.29. The predicted octanol–water partition coefficient (Wildman–Crippen LogP) is 7.52. The first kappa shape index (κ1) is 23.4. The number of anilines is 1. The van der Waals surface area contributed by atoms with Crippen LogP contribution < -0.4 is 19.5 Å². The molecule has 1 aliphatic carbocycles. The van der Waals surface area contributed by atoms with Gasteiger partial charge in [-0.05, 0) is 59.3 Å². The maximum Gasteiger partial charge on any atom is 0.162 e. The predicted molar refractivity (Wildman–Crippen MR) is 146 cm³/mol. The summed E-state index contributed by atoms with van der Waals surface area (Å²) in [6, 6.07) is 25.9. The number of carbonyl (C=O) groups is 1. The van der Waals surface area contributed by atoms with E-state index in [1.807, 2.05) is 60.7 Å². The molecule has 1 aromatic heterocycles. The van der Waals surface area contributed by atoms with Crippen molar-refractivity contribution >= 4 is 22.8 Å². The first-order chi connectivity index (χ1) is 18.1. The third-order valence-corrected chi connectivity index (χ3v) is 8.10. The van der Waals surface area contributed by atoms with Crippen molar-refractivity contribution in [3.8, 4) is 23.0 Å². The molecule has 3 aromatic carbocycles. The number of para-hydroxylation sites is 1. The Morgan fingerprint density at radius 2 is 1.62 bits per heavy atom. The van der Waals surface area contributed by atoms with Gasteiger partial charge in [0.25, 0.3) is 0 Å². The number of methoxy groups -OCH3 is 2. The minimum Gasteiger partial charge on any atom is -0.493 e. The van der Waals surface area contributed by atoms with Gasteiger partial charge in [0.2, 0.25) is 0 Å². The van der Waals surface area contributed by atoms with Gasteiger partial charge < -0.3 is 19.5 Å².